The molecule has 1 fully saturated rings. The van der Waals surface area contributed by atoms with Gasteiger partial charge in [-0.25, -0.2) is 9.78 Å². The number of carbonyl (C=O) groups is 2. The molecule has 0 saturated carbocycles. The summed E-state index contributed by atoms with van der Waals surface area (Å²) in [6, 6.07) is -0.404. The molecule has 1 aromatic rings. The molecule has 122 valence electrons. The number of aromatic nitrogens is 2. The Kier molecular flexibility index (Phi) is 4.42. The molecule has 1 unspecified atom stereocenters. The lowest BCUT2D eigenvalue weighted by atomic mass is 9.85. The number of anilines is 1. The Bertz CT molecular complexity index is 576. The summed E-state index contributed by atoms with van der Waals surface area (Å²) < 4.78 is 4.24. The van der Waals surface area contributed by atoms with Gasteiger partial charge in [0.1, 0.15) is 5.82 Å². The minimum atomic E-state index is -0.339. The second-order valence-corrected chi connectivity index (χ2v) is 8.05. The number of urea groups is 1. The highest BCUT2D eigenvalue weighted by atomic mass is 32.1. The molecule has 7 nitrogen and oxygen atoms in total. The first-order valence-corrected chi connectivity index (χ1v) is 8.04. The highest BCUT2D eigenvalue weighted by molar-refractivity contribution is 7.09. The number of carbonyl (C=O) groups excluding carboxylic acids is 2. The van der Waals surface area contributed by atoms with Crippen molar-refractivity contribution in [2.75, 3.05) is 11.9 Å². The van der Waals surface area contributed by atoms with Gasteiger partial charge in [-0.1, -0.05) is 34.6 Å². The number of hydrogen-bond donors (Lipinski definition) is 3. The maximum atomic E-state index is 11.9. The average molecular weight is 325 g/mol. The van der Waals surface area contributed by atoms with E-state index in [9.17, 15) is 9.59 Å². The third-order valence-corrected chi connectivity index (χ3v) is 4.31. The molecule has 1 saturated heterocycles. The first kappa shape index (κ1) is 16.7. The van der Waals surface area contributed by atoms with Gasteiger partial charge in [0.05, 0.1) is 6.04 Å². The van der Waals surface area contributed by atoms with E-state index < -0.39 is 0 Å². The zero-order chi connectivity index (χ0) is 16.5. The van der Waals surface area contributed by atoms with Crippen LogP contribution in [0, 0.1) is 5.41 Å². The van der Waals surface area contributed by atoms with Crippen molar-refractivity contribution in [2.24, 2.45) is 5.41 Å². The lowest BCUT2D eigenvalue weighted by molar-refractivity contribution is -0.119. The van der Waals surface area contributed by atoms with E-state index in [4.69, 9.17) is 0 Å². The van der Waals surface area contributed by atoms with Crippen LogP contribution >= 0.6 is 11.5 Å². The Hall–Kier alpha value is -1.70. The fourth-order valence-corrected chi connectivity index (χ4v) is 2.97. The molecule has 3 N–H and O–H groups in total. The number of nitrogens with one attached hydrogen (secondary N) is 3. The molecule has 0 aromatic carbocycles. The molecular weight excluding hydrogens is 302 g/mol. The minimum Gasteiger partial charge on any atom is -0.351 e. The zero-order valence-corrected chi connectivity index (χ0v) is 14.4. The molecule has 2 heterocycles. The van der Waals surface area contributed by atoms with Gasteiger partial charge in [-0.3, -0.25) is 10.1 Å². The number of amides is 3. The molecular formula is C14H23N5O2S. The highest BCUT2D eigenvalue weighted by Gasteiger charge is 2.39. The summed E-state index contributed by atoms with van der Waals surface area (Å²) in [4.78, 5) is 27.7. The largest absolute Gasteiger partial charge is 0.351 e. The van der Waals surface area contributed by atoms with E-state index in [1.165, 1.54) is 0 Å². The molecule has 3 amide bonds. The van der Waals surface area contributed by atoms with Gasteiger partial charge in [0.15, 0.2) is 0 Å². The summed E-state index contributed by atoms with van der Waals surface area (Å²) in [5.74, 6) is 0.730. The fourth-order valence-electron chi connectivity index (χ4n) is 2.22. The van der Waals surface area contributed by atoms with Crippen LogP contribution in [0.15, 0.2) is 0 Å². The maximum Gasteiger partial charge on any atom is 0.321 e. The predicted octanol–water partition coefficient (Wildman–Crippen LogP) is 1.87. The molecule has 1 aliphatic heterocycles. The van der Waals surface area contributed by atoms with Crippen molar-refractivity contribution < 1.29 is 9.59 Å². The second kappa shape index (κ2) is 5.83. The van der Waals surface area contributed by atoms with Crippen LogP contribution in [0.25, 0.3) is 0 Å². The number of rotatable bonds is 3. The van der Waals surface area contributed by atoms with Crippen molar-refractivity contribution >= 4 is 28.6 Å². The normalized spacial score (nSPS) is 20.6. The van der Waals surface area contributed by atoms with E-state index in [1.54, 1.807) is 0 Å². The van der Waals surface area contributed by atoms with Crippen LogP contribution in [0.1, 0.15) is 46.9 Å². The lowest BCUT2D eigenvalue weighted by Gasteiger charge is -2.25. The van der Waals surface area contributed by atoms with Crippen LogP contribution in [-0.2, 0) is 10.2 Å². The second-order valence-electron chi connectivity index (χ2n) is 7.29. The van der Waals surface area contributed by atoms with Gasteiger partial charge in [-0.05, 0) is 5.41 Å². The quantitative estimate of drug-likeness (QED) is 0.790. The molecule has 0 radical (unpaired) electrons. The molecule has 0 aliphatic carbocycles. The van der Waals surface area contributed by atoms with Gasteiger partial charge < -0.3 is 10.6 Å². The molecule has 1 aliphatic rings. The predicted molar refractivity (Wildman–Crippen MR) is 86.0 cm³/mol. The van der Waals surface area contributed by atoms with Gasteiger partial charge in [-0.15, -0.1) is 0 Å². The fraction of sp³-hybridized carbons (Fsp3) is 0.714. The van der Waals surface area contributed by atoms with Crippen LogP contribution in [-0.4, -0.2) is 33.9 Å². The van der Waals surface area contributed by atoms with Crippen LogP contribution in [0.3, 0.4) is 0 Å². The third-order valence-electron chi connectivity index (χ3n) is 3.68. The first-order valence-electron chi connectivity index (χ1n) is 7.26. The summed E-state index contributed by atoms with van der Waals surface area (Å²) in [5, 5.41) is 8.80. The Balaban J connectivity index is 1.86. The topological polar surface area (TPSA) is 96.0 Å². The van der Waals surface area contributed by atoms with Crippen molar-refractivity contribution in [2.45, 2.75) is 52.5 Å². The lowest BCUT2D eigenvalue weighted by Crippen LogP contribution is -2.45. The molecule has 2 rings (SSSR count). The smallest absolute Gasteiger partial charge is 0.321 e. The molecule has 0 spiro atoms. The number of nitrogens with zero attached hydrogens (tertiary/aromatic N) is 2. The first-order chi connectivity index (χ1) is 10.1. The van der Waals surface area contributed by atoms with E-state index >= 15 is 0 Å². The molecule has 1 aromatic heterocycles. The van der Waals surface area contributed by atoms with Crippen molar-refractivity contribution in [1.82, 2.24) is 20.0 Å². The summed E-state index contributed by atoms with van der Waals surface area (Å²) >= 11 is 1.16. The average Bonchev–Trinajstić information content (AvgIpc) is 2.90. The van der Waals surface area contributed by atoms with Crippen LogP contribution in [0.2, 0.25) is 0 Å². The van der Waals surface area contributed by atoms with Crippen LogP contribution in [0.4, 0.5) is 9.93 Å². The molecule has 22 heavy (non-hydrogen) atoms. The van der Waals surface area contributed by atoms with Gasteiger partial charge in [0.25, 0.3) is 0 Å². The summed E-state index contributed by atoms with van der Waals surface area (Å²) in [7, 11) is 0. The van der Waals surface area contributed by atoms with E-state index in [1.807, 2.05) is 34.6 Å². The van der Waals surface area contributed by atoms with E-state index in [2.05, 4.69) is 25.3 Å². The zero-order valence-electron chi connectivity index (χ0n) is 13.6. The molecule has 0 bridgehead atoms. The van der Waals surface area contributed by atoms with Crippen LogP contribution in [0.5, 0.6) is 0 Å². The van der Waals surface area contributed by atoms with E-state index in [0.29, 0.717) is 23.9 Å². The third kappa shape index (κ3) is 3.94. The highest BCUT2D eigenvalue weighted by Crippen LogP contribution is 2.30. The van der Waals surface area contributed by atoms with Gasteiger partial charge in [-0.2, -0.15) is 4.37 Å². The minimum absolute atomic E-state index is 0.0242. The summed E-state index contributed by atoms with van der Waals surface area (Å²) in [6.45, 7) is 10.5. The van der Waals surface area contributed by atoms with Gasteiger partial charge in [0, 0.05) is 29.9 Å². The Morgan fingerprint density at radius 1 is 1.45 bits per heavy atom. The monoisotopic (exact) mass is 325 g/mol. The summed E-state index contributed by atoms with van der Waals surface area (Å²) in [6.07, 6.45) is 0.478. The Morgan fingerprint density at radius 2 is 2.14 bits per heavy atom. The van der Waals surface area contributed by atoms with Gasteiger partial charge in [0.2, 0.25) is 11.0 Å². The van der Waals surface area contributed by atoms with Crippen molar-refractivity contribution in [3.63, 3.8) is 0 Å². The Labute approximate surface area is 134 Å². The van der Waals surface area contributed by atoms with Crippen LogP contribution < -0.4 is 16.0 Å². The Morgan fingerprint density at radius 3 is 2.64 bits per heavy atom. The molecule has 1 atom stereocenters. The summed E-state index contributed by atoms with van der Waals surface area (Å²) in [5.41, 5.74) is -0.308. The maximum absolute atomic E-state index is 11.9. The van der Waals surface area contributed by atoms with Crippen molar-refractivity contribution in [3.05, 3.63) is 5.82 Å². The van der Waals surface area contributed by atoms with Crippen molar-refractivity contribution in [1.29, 1.82) is 0 Å². The molecule has 8 heteroatoms. The standard InChI is InChI=1S/C14H23N5O2S/c1-13(2,3)10-17-12(22-19-10)18-11(21)15-7-8-14(4,5)6-9(20)16-8/h8H,6-7H2,1-5H3,(H,16,20)(H2,15,17,18,19,21). The van der Waals surface area contributed by atoms with Crippen molar-refractivity contribution in [3.8, 4) is 0 Å². The van der Waals surface area contributed by atoms with E-state index in [-0.39, 0.29) is 28.8 Å². The van der Waals surface area contributed by atoms with E-state index in [0.717, 1.165) is 11.5 Å². The van der Waals surface area contributed by atoms with Gasteiger partial charge >= 0.3 is 6.03 Å². The SMILES string of the molecule is CC(C)(C)c1nsc(NC(=O)NCC2NC(=O)CC2(C)C)n1. The number of hydrogen-bond acceptors (Lipinski definition) is 5.